The van der Waals surface area contributed by atoms with E-state index in [-0.39, 0.29) is 12.1 Å². The van der Waals surface area contributed by atoms with Gasteiger partial charge in [-0.3, -0.25) is 9.69 Å². The number of anilines is 2. The highest BCUT2D eigenvalue weighted by Crippen LogP contribution is 2.42. The number of fused-ring (bicyclic) bond motifs is 1. The molecule has 4 aromatic carbocycles. The second-order valence-corrected chi connectivity index (χ2v) is 9.79. The fourth-order valence-corrected chi connectivity index (χ4v) is 4.66. The van der Waals surface area contributed by atoms with Gasteiger partial charge in [0.25, 0.3) is 5.91 Å². The third-order valence-corrected chi connectivity index (χ3v) is 6.47. The van der Waals surface area contributed by atoms with E-state index in [0.29, 0.717) is 24.6 Å². The average molecular weight is 477 g/mol. The molecule has 1 atom stereocenters. The second kappa shape index (κ2) is 10.3. The summed E-state index contributed by atoms with van der Waals surface area (Å²) in [6.45, 7) is 7.68. The normalized spacial score (nSPS) is 15.2. The Morgan fingerprint density at radius 3 is 2.17 bits per heavy atom. The van der Waals surface area contributed by atoms with Crippen LogP contribution in [-0.2, 0) is 6.54 Å². The molecule has 0 spiro atoms. The molecule has 0 saturated carbocycles. The maximum absolute atomic E-state index is 14.0. The fraction of sp³-hybridized carbons (Fsp3) is 0.219. The van der Waals surface area contributed by atoms with Crippen LogP contribution in [-0.4, -0.2) is 12.5 Å². The molecule has 1 amide bonds. The van der Waals surface area contributed by atoms with Gasteiger partial charge in [-0.1, -0.05) is 86.1 Å². The summed E-state index contributed by atoms with van der Waals surface area (Å²) in [5, 5.41) is 0. The lowest BCUT2D eigenvalue weighted by Gasteiger charge is -2.46. The molecule has 0 fully saturated rings. The summed E-state index contributed by atoms with van der Waals surface area (Å²) in [4.78, 5) is 18.3. The van der Waals surface area contributed by atoms with Crippen LogP contribution in [0.3, 0.4) is 0 Å². The van der Waals surface area contributed by atoms with Gasteiger partial charge in [0, 0.05) is 12.2 Å². The van der Waals surface area contributed by atoms with Crippen LogP contribution in [0.4, 0.5) is 11.4 Å². The van der Waals surface area contributed by atoms with Crippen LogP contribution in [0.15, 0.2) is 103 Å². The lowest BCUT2D eigenvalue weighted by Crippen LogP contribution is -2.49. The number of nitrogens with zero attached hydrogens (tertiary/aromatic N) is 2. The van der Waals surface area contributed by atoms with Crippen molar-refractivity contribution in [2.45, 2.75) is 33.5 Å². The topological polar surface area (TPSA) is 32.8 Å². The standard InChI is InChI=1S/C32H32N2O2/c1-23(2)22-36-28-19-15-26(16-20-28)31-33(21-25-9-5-4-6-10-25)30-12-8-7-11-29(30)32(35)34(31)27-17-13-24(3)14-18-27/h4-20,23,31H,21-22H2,1-3H3/t31-/m1/s1. The summed E-state index contributed by atoms with van der Waals surface area (Å²) < 4.78 is 5.94. The largest absolute Gasteiger partial charge is 0.493 e. The van der Waals surface area contributed by atoms with Crippen LogP contribution in [0.1, 0.15) is 47.1 Å². The molecular formula is C32H32N2O2. The Morgan fingerprint density at radius 2 is 1.47 bits per heavy atom. The van der Waals surface area contributed by atoms with Crippen molar-refractivity contribution in [2.24, 2.45) is 5.92 Å². The van der Waals surface area contributed by atoms with Crippen LogP contribution in [0.5, 0.6) is 5.75 Å². The molecule has 0 unspecified atom stereocenters. The van der Waals surface area contributed by atoms with Crippen LogP contribution in [0.25, 0.3) is 0 Å². The van der Waals surface area contributed by atoms with Gasteiger partial charge in [0.15, 0.2) is 0 Å². The van der Waals surface area contributed by atoms with Crippen LogP contribution in [0.2, 0.25) is 0 Å². The first-order valence-electron chi connectivity index (χ1n) is 12.5. The fourth-order valence-electron chi connectivity index (χ4n) is 4.66. The Labute approximate surface area is 213 Å². The lowest BCUT2D eigenvalue weighted by molar-refractivity contribution is 0.0968. The van der Waals surface area contributed by atoms with Crippen molar-refractivity contribution in [3.63, 3.8) is 0 Å². The highest BCUT2D eigenvalue weighted by molar-refractivity contribution is 6.12. The zero-order chi connectivity index (χ0) is 25.1. The molecule has 1 heterocycles. The molecular weight excluding hydrogens is 444 g/mol. The Hall–Kier alpha value is -4.05. The predicted molar refractivity (Wildman–Crippen MR) is 147 cm³/mol. The van der Waals surface area contributed by atoms with Crippen molar-refractivity contribution in [1.29, 1.82) is 0 Å². The number of benzene rings is 4. The molecule has 1 aliphatic heterocycles. The van der Waals surface area contributed by atoms with Crippen molar-refractivity contribution in [2.75, 3.05) is 16.4 Å². The van der Waals surface area contributed by atoms with Gasteiger partial charge in [-0.2, -0.15) is 0 Å². The summed E-state index contributed by atoms with van der Waals surface area (Å²) in [5.74, 6) is 1.30. The molecule has 0 N–H and O–H groups in total. The Kier molecular flexibility index (Phi) is 6.77. The Balaban J connectivity index is 1.63. The monoisotopic (exact) mass is 476 g/mol. The van der Waals surface area contributed by atoms with Crippen LogP contribution in [0, 0.1) is 12.8 Å². The second-order valence-electron chi connectivity index (χ2n) is 9.79. The number of para-hydroxylation sites is 1. The van der Waals surface area contributed by atoms with Gasteiger partial charge in [-0.25, -0.2) is 0 Å². The van der Waals surface area contributed by atoms with E-state index in [1.165, 1.54) is 5.56 Å². The molecule has 0 aromatic heterocycles. The number of rotatable bonds is 7. The molecule has 0 saturated heterocycles. The third kappa shape index (κ3) is 4.85. The zero-order valence-corrected chi connectivity index (χ0v) is 21.1. The maximum Gasteiger partial charge on any atom is 0.262 e. The number of hydrogen-bond donors (Lipinski definition) is 0. The molecule has 0 radical (unpaired) electrons. The molecule has 182 valence electrons. The Bertz CT molecular complexity index is 1310. The lowest BCUT2D eigenvalue weighted by atomic mass is 9.99. The minimum Gasteiger partial charge on any atom is -0.493 e. The van der Waals surface area contributed by atoms with Gasteiger partial charge in [0.1, 0.15) is 11.9 Å². The number of carbonyl (C=O) groups is 1. The van der Waals surface area contributed by atoms with Crippen molar-refractivity contribution in [3.8, 4) is 5.75 Å². The molecule has 4 nitrogen and oxygen atoms in total. The predicted octanol–water partition coefficient (Wildman–Crippen LogP) is 7.40. The first kappa shape index (κ1) is 23.7. The first-order valence-corrected chi connectivity index (χ1v) is 12.5. The summed E-state index contributed by atoms with van der Waals surface area (Å²) >= 11 is 0. The van der Waals surface area contributed by atoms with E-state index >= 15 is 0 Å². The van der Waals surface area contributed by atoms with Gasteiger partial charge < -0.3 is 9.64 Å². The van der Waals surface area contributed by atoms with Crippen LogP contribution >= 0.6 is 0 Å². The van der Waals surface area contributed by atoms with E-state index in [4.69, 9.17) is 4.74 Å². The molecule has 5 rings (SSSR count). The number of hydrogen-bond acceptors (Lipinski definition) is 3. The smallest absolute Gasteiger partial charge is 0.262 e. The van der Waals surface area contributed by atoms with E-state index in [2.05, 4.69) is 80.3 Å². The summed E-state index contributed by atoms with van der Waals surface area (Å²) in [6.07, 6.45) is -0.311. The summed E-state index contributed by atoms with van der Waals surface area (Å²) in [6, 6.07) is 34.7. The quantitative estimate of drug-likeness (QED) is 0.279. The third-order valence-electron chi connectivity index (χ3n) is 6.47. The van der Waals surface area contributed by atoms with Crippen molar-refractivity contribution >= 4 is 17.3 Å². The van der Waals surface area contributed by atoms with Crippen molar-refractivity contribution in [1.82, 2.24) is 0 Å². The van der Waals surface area contributed by atoms with Crippen LogP contribution < -0.4 is 14.5 Å². The number of ether oxygens (including phenoxy) is 1. The van der Waals surface area contributed by atoms with Gasteiger partial charge in [0.05, 0.1) is 17.9 Å². The minimum absolute atomic E-state index is 0.00361. The molecule has 4 heteroatoms. The van der Waals surface area contributed by atoms with Gasteiger partial charge >= 0.3 is 0 Å². The van der Waals surface area contributed by atoms with E-state index in [0.717, 1.165) is 28.3 Å². The maximum atomic E-state index is 14.0. The summed E-state index contributed by atoms with van der Waals surface area (Å²) in [7, 11) is 0. The van der Waals surface area contributed by atoms with E-state index < -0.39 is 0 Å². The van der Waals surface area contributed by atoms with E-state index in [9.17, 15) is 4.79 Å². The van der Waals surface area contributed by atoms with Gasteiger partial charge in [-0.05, 0) is 60.4 Å². The van der Waals surface area contributed by atoms with Gasteiger partial charge in [-0.15, -0.1) is 0 Å². The average Bonchev–Trinajstić information content (AvgIpc) is 2.90. The SMILES string of the molecule is Cc1ccc(N2C(=O)c3ccccc3N(Cc3ccccc3)[C@H]2c2ccc(OCC(C)C)cc2)cc1. The molecule has 0 bridgehead atoms. The highest BCUT2D eigenvalue weighted by Gasteiger charge is 2.39. The molecule has 4 aromatic rings. The van der Waals surface area contributed by atoms with Gasteiger partial charge in [0.2, 0.25) is 0 Å². The van der Waals surface area contributed by atoms with E-state index in [1.54, 1.807) is 0 Å². The number of carbonyl (C=O) groups excluding carboxylic acids is 1. The van der Waals surface area contributed by atoms with E-state index in [1.807, 2.05) is 53.4 Å². The Morgan fingerprint density at radius 1 is 0.806 bits per heavy atom. The molecule has 1 aliphatic rings. The number of aryl methyl sites for hydroxylation is 1. The molecule has 36 heavy (non-hydrogen) atoms. The minimum atomic E-state index is -0.311. The first-order chi connectivity index (χ1) is 17.5. The van der Waals surface area contributed by atoms with Crippen molar-refractivity contribution < 1.29 is 9.53 Å². The highest BCUT2D eigenvalue weighted by atomic mass is 16.5. The molecule has 0 aliphatic carbocycles. The number of amides is 1. The zero-order valence-electron chi connectivity index (χ0n) is 21.1. The van der Waals surface area contributed by atoms with Crippen molar-refractivity contribution in [3.05, 3.63) is 125 Å². The summed E-state index contributed by atoms with van der Waals surface area (Å²) in [5.41, 5.74) is 5.91.